The maximum atomic E-state index is 11.0. The lowest BCUT2D eigenvalue weighted by atomic mass is 10.4. The van der Waals surface area contributed by atoms with Gasteiger partial charge in [0.15, 0.2) is 11.0 Å². The number of aromatic nitrogens is 6. The predicted octanol–water partition coefficient (Wildman–Crippen LogP) is -0.829. The van der Waals surface area contributed by atoms with E-state index >= 15 is 0 Å². The van der Waals surface area contributed by atoms with Crippen LogP contribution in [0.1, 0.15) is 0 Å². The second kappa shape index (κ2) is 7.71. The third-order valence-electron chi connectivity index (χ3n) is 2.88. The molecule has 0 amide bonds. The number of hydrogen-bond donors (Lipinski definition) is 7. The number of H-pyrrole nitrogens is 4. The topological polar surface area (TPSA) is 229 Å². The van der Waals surface area contributed by atoms with Gasteiger partial charge in [-0.1, -0.05) is 0 Å². The summed E-state index contributed by atoms with van der Waals surface area (Å²) in [6, 6.07) is 3.26. The molecule has 0 bridgehead atoms. The Balaban J connectivity index is 0.000000157. The Hall–Kier alpha value is -3.65. The van der Waals surface area contributed by atoms with E-state index in [1.165, 1.54) is 12.7 Å². The summed E-state index contributed by atoms with van der Waals surface area (Å²) in [5.41, 5.74) is 12.3. The molecule has 144 valence electrons. The van der Waals surface area contributed by atoms with Crippen LogP contribution in [0.25, 0.3) is 22.1 Å². The number of pyridine rings is 2. The molecule has 0 unspecified atom stereocenters. The van der Waals surface area contributed by atoms with Gasteiger partial charge >= 0.3 is 0 Å². The quantitative estimate of drug-likeness (QED) is 0.184. The smallest absolute Gasteiger partial charge is 0.277 e. The van der Waals surface area contributed by atoms with Crippen LogP contribution in [0, 0.1) is 0 Å². The number of hydrogen-bond acceptors (Lipinski definition) is 8. The van der Waals surface area contributed by atoms with Gasteiger partial charge in [0, 0.05) is 12.1 Å². The Kier molecular flexibility index (Phi) is 5.62. The van der Waals surface area contributed by atoms with Gasteiger partial charge in [-0.05, 0) is 0 Å². The van der Waals surface area contributed by atoms with Crippen LogP contribution in [0.2, 0.25) is 0 Å². The van der Waals surface area contributed by atoms with Crippen molar-refractivity contribution < 1.29 is 13.0 Å². The Morgan fingerprint density at radius 3 is 1.56 bits per heavy atom. The zero-order chi connectivity index (χ0) is 20.2. The molecule has 4 aromatic heterocycles. The van der Waals surface area contributed by atoms with E-state index in [1.807, 2.05) is 0 Å². The maximum Gasteiger partial charge on any atom is 0.277 e. The van der Waals surface area contributed by atoms with E-state index in [0.717, 1.165) is 0 Å². The molecule has 0 aromatic carbocycles. The second-order valence-electron chi connectivity index (χ2n) is 5.17. The number of rotatable bonds is 0. The molecule has 14 heteroatoms. The molecule has 0 saturated carbocycles. The van der Waals surface area contributed by atoms with Gasteiger partial charge in [0.1, 0.15) is 11.6 Å². The summed E-state index contributed by atoms with van der Waals surface area (Å²) < 4.78 is 25.9. The van der Waals surface area contributed by atoms with Gasteiger partial charge in [-0.3, -0.25) is 14.1 Å². The third-order valence-corrected chi connectivity index (χ3v) is 2.88. The fourth-order valence-electron chi connectivity index (χ4n) is 1.95. The highest BCUT2D eigenvalue weighted by Gasteiger charge is 2.01. The summed E-state index contributed by atoms with van der Waals surface area (Å²) >= 11 is 0. The normalized spacial score (nSPS) is 10.7. The van der Waals surface area contributed by atoms with Crippen LogP contribution in [0.3, 0.4) is 0 Å². The summed E-state index contributed by atoms with van der Waals surface area (Å²) in [5.74, 6) is 0.679. The van der Waals surface area contributed by atoms with E-state index in [1.54, 1.807) is 12.1 Å². The van der Waals surface area contributed by atoms with Crippen molar-refractivity contribution in [1.29, 1.82) is 0 Å². The van der Waals surface area contributed by atoms with E-state index in [4.69, 9.17) is 16.0 Å². The number of nitrogens with zero attached hydrogens (tertiary/aromatic N) is 2. The number of nitrogens with two attached hydrogens (primary N) is 2. The highest BCUT2D eigenvalue weighted by molar-refractivity contribution is 7.85. The van der Waals surface area contributed by atoms with Gasteiger partial charge in [0.2, 0.25) is 0 Å². The maximum absolute atomic E-state index is 11.0. The summed E-state index contributed by atoms with van der Waals surface area (Å²) in [7, 11) is -3.67. The molecule has 4 heterocycles. The van der Waals surface area contributed by atoms with Gasteiger partial charge in [-0.2, -0.15) is 8.42 Å². The second-order valence-corrected chi connectivity index (χ2v) is 6.64. The predicted molar refractivity (Wildman–Crippen MR) is 99.7 cm³/mol. The number of imidazole rings is 2. The summed E-state index contributed by atoms with van der Waals surface area (Å²) in [4.78, 5) is 40.2. The molecule has 0 spiro atoms. The van der Waals surface area contributed by atoms with Gasteiger partial charge in [-0.25, -0.2) is 9.97 Å². The fourth-order valence-corrected chi connectivity index (χ4v) is 1.95. The molecule has 0 saturated heterocycles. The zero-order valence-corrected chi connectivity index (χ0v) is 14.7. The minimum absolute atomic E-state index is 0.263. The lowest BCUT2D eigenvalue weighted by Gasteiger charge is -1.90. The molecule has 4 rings (SSSR count). The molecule has 0 aliphatic rings. The molecule has 0 fully saturated rings. The average molecular weight is 396 g/mol. The lowest BCUT2D eigenvalue weighted by molar-refractivity contribution is 0.490. The van der Waals surface area contributed by atoms with Crippen LogP contribution in [0.4, 0.5) is 11.6 Å². The first-order valence-corrected chi connectivity index (χ1v) is 8.95. The first kappa shape index (κ1) is 19.7. The zero-order valence-electron chi connectivity index (χ0n) is 13.8. The molecule has 0 aliphatic heterocycles. The monoisotopic (exact) mass is 396 g/mol. The third kappa shape index (κ3) is 5.68. The SMILES string of the molecule is CS(=O)(=O)O.Nc1cc2[nH]cnc2c(=O)[nH]1.Nc1cc2[nH]cnc2c(=O)[nH]1. The number of nitrogens with one attached hydrogen (secondary N) is 4. The minimum atomic E-state index is -3.67. The van der Waals surface area contributed by atoms with Crippen LogP contribution in [0.15, 0.2) is 34.4 Å². The van der Waals surface area contributed by atoms with E-state index in [2.05, 4.69) is 29.9 Å². The van der Waals surface area contributed by atoms with Crippen LogP contribution >= 0.6 is 0 Å². The molecule has 0 radical (unpaired) electrons. The molecule has 13 nitrogen and oxygen atoms in total. The van der Waals surface area contributed by atoms with Crippen molar-refractivity contribution in [3.05, 3.63) is 45.5 Å². The highest BCUT2D eigenvalue weighted by atomic mass is 32.2. The van der Waals surface area contributed by atoms with Crippen LogP contribution in [0.5, 0.6) is 0 Å². The number of aromatic amines is 4. The molecule has 0 atom stereocenters. The van der Waals surface area contributed by atoms with Gasteiger partial charge in [0.25, 0.3) is 21.2 Å². The van der Waals surface area contributed by atoms with Crippen LogP contribution in [-0.2, 0) is 10.1 Å². The average Bonchev–Trinajstić information content (AvgIpc) is 3.14. The van der Waals surface area contributed by atoms with Crippen molar-refractivity contribution in [3.8, 4) is 0 Å². The van der Waals surface area contributed by atoms with Crippen molar-refractivity contribution >= 4 is 43.8 Å². The Bertz CT molecular complexity index is 1190. The Morgan fingerprint density at radius 2 is 1.22 bits per heavy atom. The van der Waals surface area contributed by atoms with Crippen LogP contribution < -0.4 is 22.6 Å². The molecule has 27 heavy (non-hydrogen) atoms. The van der Waals surface area contributed by atoms with Crippen molar-refractivity contribution in [2.24, 2.45) is 0 Å². The number of anilines is 2. The lowest BCUT2D eigenvalue weighted by Crippen LogP contribution is -2.08. The van der Waals surface area contributed by atoms with Crippen molar-refractivity contribution in [2.75, 3.05) is 17.7 Å². The van der Waals surface area contributed by atoms with Crippen molar-refractivity contribution in [3.63, 3.8) is 0 Å². The highest BCUT2D eigenvalue weighted by Crippen LogP contribution is 2.05. The molecule has 4 aromatic rings. The first-order chi connectivity index (χ1) is 12.5. The van der Waals surface area contributed by atoms with E-state index in [-0.39, 0.29) is 11.1 Å². The van der Waals surface area contributed by atoms with Crippen molar-refractivity contribution in [1.82, 2.24) is 29.9 Å². The molecular formula is C13H16N8O5S. The van der Waals surface area contributed by atoms with Crippen molar-refractivity contribution in [2.45, 2.75) is 0 Å². The Labute approximate surface area is 150 Å². The summed E-state index contributed by atoms with van der Waals surface area (Å²) in [6.07, 6.45) is 3.63. The van der Waals surface area contributed by atoms with Gasteiger partial charge in [0.05, 0.1) is 29.9 Å². The van der Waals surface area contributed by atoms with E-state index < -0.39 is 10.1 Å². The number of nitrogen functional groups attached to an aromatic ring is 2. The fraction of sp³-hybridized carbons (Fsp3) is 0.0769. The minimum Gasteiger partial charge on any atom is -0.385 e. The standard InChI is InChI=1S/2C6H6N4O.CH4O3S/c2*7-4-1-3-5(6(11)10-4)9-2-8-3;1-5(2,3)4/h2*1-2H,(H,8,9)(H3,7,10,11);1H3,(H,2,3,4). The Morgan fingerprint density at radius 1 is 0.889 bits per heavy atom. The summed E-state index contributed by atoms with van der Waals surface area (Å²) in [6.45, 7) is 0. The van der Waals surface area contributed by atoms with E-state index in [0.29, 0.717) is 40.0 Å². The molecular weight excluding hydrogens is 380 g/mol. The largest absolute Gasteiger partial charge is 0.385 e. The van der Waals surface area contributed by atoms with Gasteiger partial charge in [-0.15, -0.1) is 0 Å². The number of fused-ring (bicyclic) bond motifs is 2. The summed E-state index contributed by atoms with van der Waals surface area (Å²) in [5, 5.41) is 0. The molecule has 0 aliphatic carbocycles. The molecule has 9 N–H and O–H groups in total. The van der Waals surface area contributed by atoms with Crippen LogP contribution in [-0.4, -0.2) is 49.1 Å². The van der Waals surface area contributed by atoms with E-state index in [9.17, 15) is 18.0 Å². The van der Waals surface area contributed by atoms with Gasteiger partial charge < -0.3 is 31.4 Å². The first-order valence-electron chi connectivity index (χ1n) is 7.11.